The second kappa shape index (κ2) is 8.66. The summed E-state index contributed by atoms with van der Waals surface area (Å²) < 4.78 is 9.90. The smallest absolute Gasteiger partial charge is 0.145 e. The Morgan fingerprint density at radius 3 is 2.00 bits per heavy atom. The van der Waals surface area contributed by atoms with Gasteiger partial charge in [-0.2, -0.15) is 0 Å². The summed E-state index contributed by atoms with van der Waals surface area (Å²) in [6.45, 7) is 3.77. The van der Waals surface area contributed by atoms with Gasteiger partial charge in [-0.15, -0.1) is 0 Å². The van der Waals surface area contributed by atoms with E-state index in [4.69, 9.17) is 19.7 Å². The lowest BCUT2D eigenvalue weighted by Gasteiger charge is -2.23. The van der Waals surface area contributed by atoms with E-state index in [2.05, 4.69) is 6.08 Å². The van der Waals surface area contributed by atoms with Gasteiger partial charge in [-0.25, -0.2) is 0 Å². The van der Waals surface area contributed by atoms with Crippen LogP contribution in [-0.4, -0.2) is 37.3 Å². The van der Waals surface area contributed by atoms with E-state index < -0.39 is 0 Å². The van der Waals surface area contributed by atoms with Crippen LogP contribution in [0.4, 0.5) is 5.69 Å². The zero-order valence-corrected chi connectivity index (χ0v) is 11.4. The molecule has 0 aliphatic rings. The maximum atomic E-state index is 8.68. The highest BCUT2D eigenvalue weighted by molar-refractivity contribution is 5.57. The molecule has 0 radical (unpaired) electrons. The lowest BCUT2D eigenvalue weighted by atomic mass is 10.1. The highest BCUT2D eigenvalue weighted by atomic mass is 16.6. The predicted octanol–water partition coefficient (Wildman–Crippen LogP) is 1.76. The lowest BCUT2D eigenvalue weighted by Crippen LogP contribution is -2.29. The molecule has 0 fully saturated rings. The summed E-state index contributed by atoms with van der Waals surface area (Å²) in [4.78, 5) is 1.76. The monoisotopic (exact) mass is 267 g/mol. The van der Waals surface area contributed by atoms with E-state index in [1.165, 1.54) is 5.57 Å². The van der Waals surface area contributed by atoms with E-state index in [0.29, 0.717) is 0 Å². The van der Waals surface area contributed by atoms with E-state index in [0.717, 1.165) is 11.3 Å². The van der Waals surface area contributed by atoms with Crippen LogP contribution in [-0.2, 0) is 9.47 Å². The van der Waals surface area contributed by atoms with Crippen LogP contribution >= 0.6 is 0 Å². The van der Waals surface area contributed by atoms with Crippen LogP contribution in [0, 0.1) is 0 Å². The standard InChI is InChI=1S/C14H21NO4/c1-12(2)7-13-3-5-14(6-4-13)15(8-18-10-16)9-19-11-17/h3-7,16-17H,8-11H2,1-2H3. The third kappa shape index (κ3) is 5.85. The fourth-order valence-corrected chi connectivity index (χ4v) is 1.60. The van der Waals surface area contributed by atoms with Crippen molar-refractivity contribution in [2.45, 2.75) is 13.8 Å². The van der Waals surface area contributed by atoms with Gasteiger partial charge in [0.15, 0.2) is 0 Å². The van der Waals surface area contributed by atoms with Gasteiger partial charge in [0.2, 0.25) is 0 Å². The zero-order chi connectivity index (χ0) is 14.1. The minimum Gasteiger partial charge on any atom is -0.371 e. The zero-order valence-electron chi connectivity index (χ0n) is 11.4. The van der Waals surface area contributed by atoms with Crippen molar-refractivity contribution in [2.24, 2.45) is 0 Å². The molecule has 5 heteroatoms. The third-order valence-corrected chi connectivity index (χ3v) is 2.39. The normalized spacial score (nSPS) is 10.3. The Morgan fingerprint density at radius 2 is 1.58 bits per heavy atom. The molecule has 0 heterocycles. The Morgan fingerprint density at radius 1 is 1.05 bits per heavy atom. The number of anilines is 1. The summed E-state index contributed by atoms with van der Waals surface area (Å²) in [6.07, 6.45) is 2.09. The number of benzene rings is 1. The van der Waals surface area contributed by atoms with Gasteiger partial charge in [0.25, 0.3) is 0 Å². The van der Waals surface area contributed by atoms with Crippen molar-refractivity contribution in [1.29, 1.82) is 0 Å². The summed E-state index contributed by atoms with van der Waals surface area (Å²) in [5.74, 6) is 0. The molecule has 2 N–H and O–H groups in total. The average Bonchev–Trinajstić information content (AvgIpc) is 2.39. The summed E-state index contributed by atoms with van der Waals surface area (Å²) >= 11 is 0. The second-order valence-electron chi connectivity index (χ2n) is 4.28. The maximum absolute atomic E-state index is 8.68. The van der Waals surface area contributed by atoms with Crippen LogP contribution in [0.3, 0.4) is 0 Å². The Bertz CT molecular complexity index is 377. The molecule has 0 aromatic heterocycles. The number of hydrogen-bond donors (Lipinski definition) is 2. The molecule has 0 spiro atoms. The van der Waals surface area contributed by atoms with Crippen LogP contribution in [0.5, 0.6) is 0 Å². The Kier molecular flexibility index (Phi) is 7.14. The molecular weight excluding hydrogens is 246 g/mol. The second-order valence-corrected chi connectivity index (χ2v) is 4.28. The number of rotatable bonds is 8. The number of ether oxygens (including phenoxy) is 2. The first-order valence-electron chi connectivity index (χ1n) is 6.04. The summed E-state index contributed by atoms with van der Waals surface area (Å²) in [5, 5.41) is 17.4. The molecular formula is C14H21NO4. The molecule has 0 aliphatic carbocycles. The fraction of sp³-hybridized carbons (Fsp3) is 0.429. The third-order valence-electron chi connectivity index (χ3n) is 2.39. The first-order chi connectivity index (χ1) is 9.17. The Balaban J connectivity index is 2.74. The molecule has 0 bridgehead atoms. The first-order valence-corrected chi connectivity index (χ1v) is 6.04. The van der Waals surface area contributed by atoms with Gasteiger partial charge in [-0.3, -0.25) is 0 Å². The summed E-state index contributed by atoms with van der Waals surface area (Å²) in [5.41, 5.74) is 3.25. The molecule has 0 saturated carbocycles. The number of nitrogens with zero attached hydrogens (tertiary/aromatic N) is 1. The van der Waals surface area contributed by atoms with Crippen molar-refractivity contribution >= 4 is 11.8 Å². The van der Waals surface area contributed by atoms with E-state index in [-0.39, 0.29) is 27.0 Å². The SMILES string of the molecule is CC(C)=Cc1ccc(N(COCO)COCO)cc1. The van der Waals surface area contributed by atoms with Gasteiger partial charge in [-0.1, -0.05) is 23.8 Å². The van der Waals surface area contributed by atoms with Crippen molar-refractivity contribution in [3.05, 3.63) is 35.4 Å². The topological polar surface area (TPSA) is 62.2 Å². The van der Waals surface area contributed by atoms with Crippen LogP contribution in [0.1, 0.15) is 19.4 Å². The minimum atomic E-state index is -0.356. The van der Waals surface area contributed by atoms with E-state index in [9.17, 15) is 0 Å². The van der Waals surface area contributed by atoms with Crippen molar-refractivity contribution < 1.29 is 19.7 Å². The van der Waals surface area contributed by atoms with Crippen molar-refractivity contribution in [1.82, 2.24) is 0 Å². The van der Waals surface area contributed by atoms with Crippen molar-refractivity contribution in [3.63, 3.8) is 0 Å². The van der Waals surface area contributed by atoms with E-state index in [1.807, 2.05) is 38.1 Å². The number of aliphatic hydroxyl groups excluding tert-OH is 2. The highest BCUT2D eigenvalue weighted by Crippen LogP contribution is 2.17. The molecule has 1 aromatic carbocycles. The highest BCUT2D eigenvalue weighted by Gasteiger charge is 2.06. The summed E-state index contributed by atoms with van der Waals surface area (Å²) in [6, 6.07) is 7.87. The van der Waals surface area contributed by atoms with E-state index in [1.54, 1.807) is 4.90 Å². The van der Waals surface area contributed by atoms with Gasteiger partial charge in [0.05, 0.1) is 0 Å². The van der Waals surface area contributed by atoms with Crippen LogP contribution in [0.25, 0.3) is 6.08 Å². The van der Waals surface area contributed by atoms with Gasteiger partial charge < -0.3 is 24.6 Å². The molecule has 0 aliphatic heterocycles. The molecule has 0 amide bonds. The maximum Gasteiger partial charge on any atom is 0.145 e. The largest absolute Gasteiger partial charge is 0.371 e. The number of hydrogen-bond acceptors (Lipinski definition) is 5. The molecule has 1 rings (SSSR count). The van der Waals surface area contributed by atoms with E-state index >= 15 is 0 Å². The quantitative estimate of drug-likeness (QED) is 0.703. The molecule has 106 valence electrons. The number of allylic oxidation sites excluding steroid dienone is 1. The van der Waals surface area contributed by atoms with Crippen LogP contribution in [0.2, 0.25) is 0 Å². The molecule has 19 heavy (non-hydrogen) atoms. The van der Waals surface area contributed by atoms with Crippen LogP contribution < -0.4 is 4.90 Å². The lowest BCUT2D eigenvalue weighted by molar-refractivity contribution is -0.0305. The first kappa shape index (κ1) is 15.7. The predicted molar refractivity (Wildman–Crippen MR) is 74.3 cm³/mol. The molecule has 0 unspecified atom stereocenters. The van der Waals surface area contributed by atoms with Gasteiger partial charge >= 0.3 is 0 Å². The van der Waals surface area contributed by atoms with Gasteiger partial charge in [0, 0.05) is 5.69 Å². The number of aliphatic hydroxyl groups is 2. The molecule has 0 saturated heterocycles. The molecule has 1 aromatic rings. The summed E-state index contributed by atoms with van der Waals surface area (Å²) in [7, 11) is 0. The molecule has 0 atom stereocenters. The average molecular weight is 267 g/mol. The molecule has 5 nitrogen and oxygen atoms in total. The van der Waals surface area contributed by atoms with Crippen LogP contribution in [0.15, 0.2) is 29.8 Å². The Labute approximate surface area is 113 Å². The Hall–Kier alpha value is -1.40. The van der Waals surface area contributed by atoms with Crippen molar-refractivity contribution in [3.8, 4) is 0 Å². The van der Waals surface area contributed by atoms with Gasteiger partial charge in [-0.05, 0) is 31.5 Å². The van der Waals surface area contributed by atoms with Crippen molar-refractivity contribution in [2.75, 3.05) is 31.9 Å². The fourth-order valence-electron chi connectivity index (χ4n) is 1.60. The minimum absolute atomic E-state index is 0.193. The van der Waals surface area contributed by atoms with Gasteiger partial charge in [0.1, 0.15) is 27.0 Å².